The molecule has 0 radical (unpaired) electrons. The smallest absolute Gasteiger partial charge is 0.188 e. The van der Waals surface area contributed by atoms with Crippen LogP contribution >= 0.6 is 0 Å². The Labute approximate surface area is 119 Å². The van der Waals surface area contributed by atoms with E-state index in [2.05, 4.69) is 52.7 Å². The van der Waals surface area contributed by atoms with E-state index >= 15 is 0 Å². The van der Waals surface area contributed by atoms with Crippen molar-refractivity contribution in [2.24, 2.45) is 16.6 Å². The third-order valence-electron chi connectivity index (χ3n) is 3.04. The molecule has 0 saturated heterocycles. The van der Waals surface area contributed by atoms with Gasteiger partial charge in [-0.1, -0.05) is 19.9 Å². The fourth-order valence-corrected chi connectivity index (χ4v) is 1.98. The number of rotatable bonds is 5. The number of aryl methyl sites for hydroxylation is 1. The van der Waals surface area contributed by atoms with Gasteiger partial charge in [-0.05, 0) is 24.5 Å². The van der Waals surface area contributed by atoms with Crippen molar-refractivity contribution in [1.82, 2.24) is 14.7 Å². The van der Waals surface area contributed by atoms with Gasteiger partial charge in [0.15, 0.2) is 5.96 Å². The Balaban J connectivity index is 1.90. The second-order valence-electron chi connectivity index (χ2n) is 5.45. The summed E-state index contributed by atoms with van der Waals surface area (Å²) in [6.07, 6.45) is 4.91. The van der Waals surface area contributed by atoms with Crippen LogP contribution in [-0.2, 0) is 6.42 Å². The van der Waals surface area contributed by atoms with Crippen LogP contribution in [0.1, 0.15) is 25.1 Å². The Morgan fingerprint density at radius 1 is 1.50 bits per heavy atom. The molecule has 0 bridgehead atoms. The number of guanidine groups is 1. The molecular weight excluding hydrogens is 250 g/mol. The summed E-state index contributed by atoms with van der Waals surface area (Å²) < 4.78 is 2.06. The van der Waals surface area contributed by atoms with Crippen molar-refractivity contribution in [1.29, 1.82) is 0 Å². The lowest BCUT2D eigenvalue weighted by Crippen LogP contribution is -2.33. The molecule has 0 aromatic carbocycles. The van der Waals surface area contributed by atoms with E-state index in [1.165, 1.54) is 5.56 Å². The van der Waals surface area contributed by atoms with Gasteiger partial charge in [0.1, 0.15) is 5.65 Å². The first-order chi connectivity index (χ1) is 9.56. The molecule has 0 aliphatic rings. The van der Waals surface area contributed by atoms with Crippen molar-refractivity contribution < 1.29 is 0 Å². The molecule has 0 spiro atoms. The van der Waals surface area contributed by atoms with E-state index in [0.29, 0.717) is 11.9 Å². The average molecular weight is 273 g/mol. The fourth-order valence-electron chi connectivity index (χ4n) is 1.98. The molecule has 2 aromatic heterocycles. The number of aliphatic imine (C=N–C) groups is 1. The quantitative estimate of drug-likeness (QED) is 0.644. The summed E-state index contributed by atoms with van der Waals surface area (Å²) in [7, 11) is 0. The summed E-state index contributed by atoms with van der Waals surface area (Å²) in [5.41, 5.74) is 9.06. The predicted molar refractivity (Wildman–Crippen MR) is 83.0 cm³/mol. The van der Waals surface area contributed by atoms with Crippen LogP contribution in [0.25, 0.3) is 5.65 Å². The second kappa shape index (κ2) is 6.41. The van der Waals surface area contributed by atoms with Gasteiger partial charge in [0.05, 0.1) is 5.69 Å². The maximum atomic E-state index is 5.80. The molecule has 5 nitrogen and oxygen atoms in total. The normalized spacial score (nSPS) is 12.3. The first kappa shape index (κ1) is 14.4. The van der Waals surface area contributed by atoms with Crippen LogP contribution in [0, 0.1) is 12.8 Å². The topological polar surface area (TPSA) is 67.7 Å². The van der Waals surface area contributed by atoms with Gasteiger partial charge in [0.25, 0.3) is 0 Å². The van der Waals surface area contributed by atoms with Crippen LogP contribution in [-0.4, -0.2) is 28.4 Å². The van der Waals surface area contributed by atoms with Crippen LogP contribution in [0.3, 0.4) is 0 Å². The zero-order valence-electron chi connectivity index (χ0n) is 12.4. The number of nitrogens with one attached hydrogen (secondary N) is 1. The highest BCUT2D eigenvalue weighted by Crippen LogP contribution is 2.09. The van der Waals surface area contributed by atoms with Gasteiger partial charge in [-0.2, -0.15) is 0 Å². The van der Waals surface area contributed by atoms with Crippen LogP contribution in [0.15, 0.2) is 29.5 Å². The molecule has 0 fully saturated rings. The lowest BCUT2D eigenvalue weighted by Gasteiger charge is -2.05. The Bertz CT molecular complexity index is 597. The Kier molecular flexibility index (Phi) is 4.61. The van der Waals surface area contributed by atoms with Crippen molar-refractivity contribution in [3.8, 4) is 0 Å². The van der Waals surface area contributed by atoms with E-state index in [1.807, 2.05) is 12.3 Å². The van der Waals surface area contributed by atoms with Gasteiger partial charge in [-0.25, -0.2) is 4.98 Å². The molecule has 2 heterocycles. The van der Waals surface area contributed by atoms with Gasteiger partial charge < -0.3 is 15.5 Å². The van der Waals surface area contributed by atoms with Gasteiger partial charge in [0.2, 0.25) is 0 Å². The third-order valence-corrected chi connectivity index (χ3v) is 3.04. The zero-order chi connectivity index (χ0) is 14.5. The molecule has 20 heavy (non-hydrogen) atoms. The van der Waals surface area contributed by atoms with Crippen LogP contribution < -0.4 is 11.1 Å². The van der Waals surface area contributed by atoms with E-state index in [-0.39, 0.29) is 0 Å². The van der Waals surface area contributed by atoms with Gasteiger partial charge in [-0.3, -0.25) is 4.99 Å². The molecule has 108 valence electrons. The Hall–Kier alpha value is -2.04. The monoisotopic (exact) mass is 273 g/mol. The van der Waals surface area contributed by atoms with Gasteiger partial charge in [0, 0.05) is 31.9 Å². The molecule has 3 N–H and O–H groups in total. The highest BCUT2D eigenvalue weighted by molar-refractivity contribution is 5.77. The largest absolute Gasteiger partial charge is 0.370 e. The average Bonchev–Trinajstić information content (AvgIpc) is 2.81. The molecule has 2 aromatic rings. The minimum absolute atomic E-state index is 0.513. The maximum Gasteiger partial charge on any atom is 0.188 e. The van der Waals surface area contributed by atoms with E-state index < -0.39 is 0 Å². The Morgan fingerprint density at radius 2 is 2.30 bits per heavy atom. The maximum absolute atomic E-state index is 5.80. The lowest BCUT2D eigenvalue weighted by atomic mass is 10.2. The molecule has 0 aliphatic heterocycles. The van der Waals surface area contributed by atoms with Crippen molar-refractivity contribution in [2.45, 2.75) is 27.2 Å². The van der Waals surface area contributed by atoms with Crippen LogP contribution in [0.2, 0.25) is 0 Å². The van der Waals surface area contributed by atoms with Crippen LogP contribution in [0.4, 0.5) is 0 Å². The van der Waals surface area contributed by atoms with Gasteiger partial charge in [-0.15, -0.1) is 0 Å². The molecule has 5 heteroatoms. The van der Waals surface area contributed by atoms with E-state index in [9.17, 15) is 0 Å². The number of hydrogen-bond acceptors (Lipinski definition) is 2. The first-order valence-corrected chi connectivity index (χ1v) is 7.03. The third kappa shape index (κ3) is 3.73. The number of aromatic nitrogens is 2. The predicted octanol–water partition coefficient (Wildman–Crippen LogP) is 1.75. The Morgan fingerprint density at radius 3 is 3.00 bits per heavy atom. The molecular formula is C15H23N5. The molecule has 0 unspecified atom stereocenters. The minimum atomic E-state index is 0.513. The molecule has 0 aliphatic carbocycles. The summed E-state index contributed by atoms with van der Waals surface area (Å²) >= 11 is 0. The molecule has 0 saturated carbocycles. The van der Waals surface area contributed by atoms with Crippen molar-refractivity contribution in [2.75, 3.05) is 13.1 Å². The molecule has 0 atom stereocenters. The van der Waals surface area contributed by atoms with Gasteiger partial charge >= 0.3 is 0 Å². The summed E-state index contributed by atoms with van der Waals surface area (Å²) in [6.45, 7) is 7.81. The summed E-state index contributed by atoms with van der Waals surface area (Å²) in [4.78, 5) is 8.90. The highest BCUT2D eigenvalue weighted by Gasteiger charge is 2.03. The zero-order valence-corrected chi connectivity index (χ0v) is 12.4. The number of hydrogen-bond donors (Lipinski definition) is 2. The summed E-state index contributed by atoms with van der Waals surface area (Å²) in [5.74, 6) is 1.04. The van der Waals surface area contributed by atoms with E-state index in [1.54, 1.807) is 0 Å². The van der Waals surface area contributed by atoms with Crippen molar-refractivity contribution in [3.05, 3.63) is 35.8 Å². The fraction of sp³-hybridized carbons (Fsp3) is 0.467. The number of imidazole rings is 1. The summed E-state index contributed by atoms with van der Waals surface area (Å²) in [6, 6.07) is 4.10. The number of nitrogens with two attached hydrogens (primary N) is 1. The number of nitrogens with zero attached hydrogens (tertiary/aromatic N) is 3. The molecule has 0 amide bonds. The van der Waals surface area contributed by atoms with Crippen molar-refractivity contribution in [3.63, 3.8) is 0 Å². The standard InChI is InChI=1S/C15H23N5/c1-11(2)9-18-15(16)17-7-6-13-10-20-8-4-5-12(3)14(20)19-13/h4-5,8,10-11H,6-7,9H2,1-3H3,(H3,16,17,18). The van der Waals surface area contributed by atoms with E-state index in [0.717, 1.165) is 30.9 Å². The first-order valence-electron chi connectivity index (χ1n) is 7.03. The highest BCUT2D eigenvalue weighted by atomic mass is 15.1. The van der Waals surface area contributed by atoms with E-state index in [4.69, 9.17) is 5.73 Å². The van der Waals surface area contributed by atoms with Crippen molar-refractivity contribution >= 4 is 11.6 Å². The minimum Gasteiger partial charge on any atom is -0.370 e. The SMILES string of the molecule is Cc1cccn2cc(CCNC(N)=NCC(C)C)nc12. The number of pyridine rings is 1. The lowest BCUT2D eigenvalue weighted by molar-refractivity contribution is 0.661. The number of fused-ring (bicyclic) bond motifs is 1. The summed E-state index contributed by atoms with van der Waals surface area (Å²) in [5, 5.41) is 3.12. The van der Waals surface area contributed by atoms with Crippen LogP contribution in [0.5, 0.6) is 0 Å². The molecule has 2 rings (SSSR count). The second-order valence-corrected chi connectivity index (χ2v) is 5.45.